The molecule has 0 radical (unpaired) electrons. The Morgan fingerprint density at radius 3 is 2.50 bits per heavy atom. The topological polar surface area (TPSA) is 61.4 Å². The third kappa shape index (κ3) is 3.54. The van der Waals surface area contributed by atoms with Gasteiger partial charge in [0.2, 0.25) is 0 Å². The number of para-hydroxylation sites is 1. The molecule has 0 fully saturated rings. The van der Waals surface area contributed by atoms with Crippen LogP contribution in [-0.2, 0) is 4.79 Å². The van der Waals surface area contributed by atoms with E-state index >= 15 is 0 Å². The first-order chi connectivity index (χ1) is 12.4. The van der Waals surface area contributed by atoms with Crippen LogP contribution < -0.4 is 10.6 Å². The average molecular weight is 390 g/mol. The van der Waals surface area contributed by atoms with E-state index in [1.54, 1.807) is 44.3 Å². The highest BCUT2D eigenvalue weighted by Crippen LogP contribution is 2.35. The first kappa shape index (κ1) is 18.3. The maximum atomic E-state index is 13.0. The number of carbonyl (C=O) groups excluding carboxylic acids is 2. The van der Waals surface area contributed by atoms with Crippen molar-refractivity contribution in [2.24, 2.45) is 0 Å². The first-order valence-electron chi connectivity index (χ1n) is 7.95. The van der Waals surface area contributed by atoms with Gasteiger partial charge in [-0.15, -0.1) is 0 Å². The van der Waals surface area contributed by atoms with Gasteiger partial charge in [-0.1, -0.05) is 47.5 Å². The molecule has 2 aromatic carbocycles. The molecule has 7 heteroatoms. The monoisotopic (exact) mass is 389 g/mol. The molecule has 0 saturated heterocycles. The Hall–Kier alpha value is -2.50. The van der Waals surface area contributed by atoms with Crippen molar-refractivity contribution >= 4 is 40.8 Å². The smallest absolute Gasteiger partial charge is 0.322 e. The molecule has 0 spiro atoms. The van der Waals surface area contributed by atoms with Crippen molar-refractivity contribution in [3.63, 3.8) is 0 Å². The van der Waals surface area contributed by atoms with Crippen LogP contribution in [-0.4, -0.2) is 23.9 Å². The van der Waals surface area contributed by atoms with Crippen molar-refractivity contribution < 1.29 is 9.59 Å². The SMILES string of the molecule is CC1=C(C(=O)Nc2ccccc2)[C@H](c2ccc(Cl)cc2Cl)NC(=O)N1C. The highest BCUT2D eigenvalue weighted by molar-refractivity contribution is 6.35. The van der Waals surface area contributed by atoms with E-state index in [9.17, 15) is 9.59 Å². The molecule has 3 amide bonds. The van der Waals surface area contributed by atoms with Crippen LogP contribution in [0.4, 0.5) is 10.5 Å². The zero-order valence-corrected chi connectivity index (χ0v) is 15.7. The molecule has 1 aliphatic rings. The van der Waals surface area contributed by atoms with Gasteiger partial charge in [0.05, 0.1) is 11.6 Å². The van der Waals surface area contributed by atoms with E-state index in [0.29, 0.717) is 32.6 Å². The maximum Gasteiger partial charge on any atom is 0.322 e. The fourth-order valence-electron chi connectivity index (χ4n) is 2.82. The highest BCUT2D eigenvalue weighted by atomic mass is 35.5. The number of nitrogens with zero attached hydrogens (tertiary/aromatic N) is 1. The molecule has 2 aromatic rings. The largest absolute Gasteiger partial charge is 0.326 e. The number of carbonyl (C=O) groups is 2. The third-order valence-corrected chi connectivity index (χ3v) is 4.87. The van der Waals surface area contributed by atoms with Gasteiger partial charge in [-0.05, 0) is 36.8 Å². The number of allylic oxidation sites excluding steroid dienone is 1. The molecule has 0 aliphatic carbocycles. The molecule has 3 rings (SSSR count). The number of hydrogen-bond donors (Lipinski definition) is 2. The summed E-state index contributed by atoms with van der Waals surface area (Å²) in [6, 6.07) is 13.1. The molecule has 5 nitrogen and oxygen atoms in total. The van der Waals surface area contributed by atoms with Crippen molar-refractivity contribution in [2.45, 2.75) is 13.0 Å². The van der Waals surface area contributed by atoms with Crippen molar-refractivity contribution in [2.75, 3.05) is 12.4 Å². The summed E-state index contributed by atoms with van der Waals surface area (Å²) < 4.78 is 0. The van der Waals surface area contributed by atoms with E-state index in [1.807, 2.05) is 18.2 Å². The highest BCUT2D eigenvalue weighted by Gasteiger charge is 2.35. The van der Waals surface area contributed by atoms with Crippen molar-refractivity contribution in [1.82, 2.24) is 10.2 Å². The summed E-state index contributed by atoms with van der Waals surface area (Å²) in [5.41, 5.74) is 2.24. The standard InChI is InChI=1S/C19H17Cl2N3O2/c1-11-16(18(25)22-13-6-4-3-5-7-13)17(23-19(26)24(11)2)14-9-8-12(20)10-15(14)21/h3-10,17H,1-2H3,(H,22,25)(H,23,26)/t17-/m0/s1. The van der Waals surface area contributed by atoms with Crippen LogP contribution in [0, 0.1) is 0 Å². The van der Waals surface area contributed by atoms with E-state index in [4.69, 9.17) is 23.2 Å². The Morgan fingerprint density at radius 1 is 1.15 bits per heavy atom. The second-order valence-electron chi connectivity index (χ2n) is 5.93. The zero-order valence-electron chi connectivity index (χ0n) is 14.2. The number of halogens is 2. The van der Waals surface area contributed by atoms with Crippen LogP contribution in [0.5, 0.6) is 0 Å². The summed E-state index contributed by atoms with van der Waals surface area (Å²) in [5, 5.41) is 6.56. The molecule has 2 N–H and O–H groups in total. The van der Waals surface area contributed by atoms with E-state index in [-0.39, 0.29) is 11.9 Å². The summed E-state index contributed by atoms with van der Waals surface area (Å²) in [6.45, 7) is 1.73. The summed E-state index contributed by atoms with van der Waals surface area (Å²) in [4.78, 5) is 26.7. The lowest BCUT2D eigenvalue weighted by Crippen LogP contribution is -2.46. The van der Waals surface area contributed by atoms with Gasteiger partial charge in [0.1, 0.15) is 0 Å². The Morgan fingerprint density at radius 2 is 1.85 bits per heavy atom. The Bertz CT molecular complexity index is 897. The van der Waals surface area contributed by atoms with Crippen molar-refractivity contribution in [3.8, 4) is 0 Å². The van der Waals surface area contributed by atoms with Gasteiger partial charge in [0, 0.05) is 28.5 Å². The lowest BCUT2D eigenvalue weighted by Gasteiger charge is -2.34. The van der Waals surface area contributed by atoms with Crippen LogP contribution in [0.1, 0.15) is 18.5 Å². The predicted octanol–water partition coefficient (Wildman–Crippen LogP) is 4.60. The van der Waals surface area contributed by atoms with Crippen LogP contribution in [0.25, 0.3) is 0 Å². The molecule has 0 unspecified atom stereocenters. The average Bonchev–Trinajstić information content (AvgIpc) is 2.60. The van der Waals surface area contributed by atoms with E-state index in [0.717, 1.165) is 0 Å². The minimum Gasteiger partial charge on any atom is -0.326 e. The number of amides is 3. The first-order valence-corrected chi connectivity index (χ1v) is 8.70. The second-order valence-corrected chi connectivity index (χ2v) is 6.77. The van der Waals surface area contributed by atoms with E-state index < -0.39 is 6.04 Å². The van der Waals surface area contributed by atoms with Gasteiger partial charge in [0.15, 0.2) is 0 Å². The number of hydrogen-bond acceptors (Lipinski definition) is 2. The Kier molecular flexibility index (Phi) is 5.20. The Balaban J connectivity index is 2.04. The van der Waals surface area contributed by atoms with E-state index in [1.165, 1.54) is 4.90 Å². The summed E-state index contributed by atoms with van der Waals surface area (Å²) in [6.07, 6.45) is 0. The fraction of sp³-hybridized carbons (Fsp3) is 0.158. The number of nitrogens with one attached hydrogen (secondary N) is 2. The van der Waals surface area contributed by atoms with Crippen molar-refractivity contribution in [1.29, 1.82) is 0 Å². The lowest BCUT2D eigenvalue weighted by molar-refractivity contribution is -0.113. The Labute approximate surface area is 161 Å². The van der Waals surface area contributed by atoms with Crippen LogP contribution in [0.15, 0.2) is 59.8 Å². The molecule has 0 saturated carbocycles. The van der Waals surface area contributed by atoms with Gasteiger partial charge in [-0.3, -0.25) is 4.79 Å². The summed E-state index contributed by atoms with van der Waals surface area (Å²) in [5.74, 6) is -0.309. The minimum atomic E-state index is -0.674. The summed E-state index contributed by atoms with van der Waals surface area (Å²) in [7, 11) is 1.61. The lowest BCUT2D eigenvalue weighted by atomic mass is 9.94. The van der Waals surface area contributed by atoms with Crippen LogP contribution in [0.2, 0.25) is 10.0 Å². The van der Waals surface area contributed by atoms with Gasteiger partial charge >= 0.3 is 6.03 Å². The number of anilines is 1. The molecular weight excluding hydrogens is 373 g/mol. The van der Waals surface area contributed by atoms with Crippen LogP contribution >= 0.6 is 23.2 Å². The zero-order chi connectivity index (χ0) is 18.8. The third-order valence-electron chi connectivity index (χ3n) is 4.30. The minimum absolute atomic E-state index is 0.309. The molecule has 134 valence electrons. The molecule has 0 bridgehead atoms. The normalized spacial score (nSPS) is 17.2. The van der Waals surface area contributed by atoms with E-state index in [2.05, 4.69) is 10.6 Å². The molecule has 0 aromatic heterocycles. The molecule has 26 heavy (non-hydrogen) atoms. The van der Waals surface area contributed by atoms with Crippen LogP contribution in [0.3, 0.4) is 0 Å². The van der Waals surface area contributed by atoms with Gasteiger partial charge < -0.3 is 15.5 Å². The number of urea groups is 1. The van der Waals surface area contributed by atoms with Gasteiger partial charge in [0.25, 0.3) is 5.91 Å². The fourth-order valence-corrected chi connectivity index (χ4v) is 3.34. The predicted molar refractivity (Wildman–Crippen MR) is 103 cm³/mol. The number of rotatable bonds is 3. The van der Waals surface area contributed by atoms with Crippen molar-refractivity contribution in [3.05, 3.63) is 75.4 Å². The quantitative estimate of drug-likeness (QED) is 0.805. The maximum absolute atomic E-state index is 13.0. The molecular formula is C19H17Cl2N3O2. The molecule has 1 atom stereocenters. The molecule has 1 aliphatic heterocycles. The van der Waals surface area contributed by atoms with Gasteiger partial charge in [-0.2, -0.15) is 0 Å². The summed E-state index contributed by atoms with van der Waals surface area (Å²) >= 11 is 12.3. The van der Waals surface area contributed by atoms with Gasteiger partial charge in [-0.25, -0.2) is 4.79 Å². The second kappa shape index (κ2) is 7.40. The molecule has 1 heterocycles. The number of benzene rings is 2.